The zero-order chi connectivity index (χ0) is 17.5. The Kier molecular flexibility index (Phi) is 8.19. The van der Waals surface area contributed by atoms with Gasteiger partial charge in [-0.15, -0.1) is 0 Å². The number of benzene rings is 1. The van der Waals surface area contributed by atoms with Gasteiger partial charge in [-0.3, -0.25) is 0 Å². The highest BCUT2D eigenvalue weighted by Gasteiger charge is 2.11. The smallest absolute Gasteiger partial charge is 0.169 e. The number of para-hydroxylation sites is 1. The molecule has 0 saturated carbocycles. The molecule has 0 aliphatic heterocycles. The van der Waals surface area contributed by atoms with Gasteiger partial charge in [-0.05, 0) is 68.6 Å². The third kappa shape index (κ3) is 4.89. The van der Waals surface area contributed by atoms with Crippen LogP contribution < -0.4 is 27.2 Å². The molecule has 3 aromatic rings. The van der Waals surface area contributed by atoms with E-state index in [1.807, 2.05) is 12.1 Å². The van der Waals surface area contributed by atoms with Gasteiger partial charge in [-0.2, -0.15) is 22.7 Å². The van der Waals surface area contributed by atoms with E-state index in [1.165, 1.54) is 16.7 Å². The average Bonchev–Trinajstić information content (AvgIpc) is 3.35. The molecule has 0 saturated heterocycles. The second-order valence-corrected chi connectivity index (χ2v) is 7.08. The van der Waals surface area contributed by atoms with Crippen LogP contribution in [0.15, 0.2) is 57.9 Å². The molecule has 0 aliphatic carbocycles. The lowest BCUT2D eigenvalue weighted by molar-refractivity contribution is -0.662. The molecule has 0 aliphatic rings. The Bertz CT molecular complexity index is 778. The molecule has 2 N–H and O–H groups in total. The molecule has 0 unspecified atom stereocenters. The van der Waals surface area contributed by atoms with Crippen molar-refractivity contribution in [2.45, 2.75) is 6.54 Å². The van der Waals surface area contributed by atoms with Crippen molar-refractivity contribution >= 4 is 28.2 Å². The lowest BCUT2D eigenvalue weighted by atomic mass is 10.0. The van der Waals surface area contributed by atoms with E-state index in [2.05, 4.69) is 51.1 Å². The predicted molar refractivity (Wildman–Crippen MR) is 106 cm³/mol. The van der Waals surface area contributed by atoms with E-state index in [9.17, 15) is 0 Å². The molecule has 2 heterocycles. The van der Waals surface area contributed by atoms with Crippen LogP contribution >= 0.6 is 22.7 Å². The highest BCUT2D eigenvalue weighted by molar-refractivity contribution is 7.08. The zero-order valence-corrected chi connectivity index (χ0v) is 17.2. The molecule has 0 bridgehead atoms. The van der Waals surface area contributed by atoms with Crippen LogP contribution in [-0.2, 0) is 6.54 Å². The summed E-state index contributed by atoms with van der Waals surface area (Å²) in [6, 6.07) is 10.4. The van der Waals surface area contributed by atoms with Crippen molar-refractivity contribution in [2.24, 2.45) is 0 Å². The van der Waals surface area contributed by atoms with E-state index in [0.29, 0.717) is 0 Å². The van der Waals surface area contributed by atoms with Crippen molar-refractivity contribution in [1.29, 1.82) is 0 Å². The Balaban J connectivity index is 0.00000243. The number of rotatable bonds is 8. The molecule has 2 aromatic heterocycles. The van der Waals surface area contributed by atoms with Crippen LogP contribution in [0.25, 0.3) is 5.57 Å². The van der Waals surface area contributed by atoms with Crippen LogP contribution in [0.1, 0.15) is 16.7 Å². The van der Waals surface area contributed by atoms with Crippen molar-refractivity contribution < 1.29 is 27.2 Å². The third-order valence-corrected chi connectivity index (χ3v) is 5.37. The van der Waals surface area contributed by atoms with Gasteiger partial charge in [-0.25, -0.2) is 0 Å². The van der Waals surface area contributed by atoms with Crippen LogP contribution in [0.5, 0.6) is 11.5 Å². The molecule has 0 amide bonds. The topological polar surface area (TPSA) is 35.1 Å². The molecule has 3 nitrogen and oxygen atoms in total. The van der Waals surface area contributed by atoms with Gasteiger partial charge in [0.15, 0.2) is 11.5 Å². The standard InChI is InChI=1S/C20H21NO2S2.ClH/c1-22-19-5-3-4-15(20(19)23-2)12-21-9-6-18(16-7-10-24-13-16)17-8-11-25-14-17;/h3-8,10-11,13-14,21H,9,12H2,1-2H3;1H. The number of ether oxygens (including phenoxy) is 2. The van der Waals surface area contributed by atoms with Gasteiger partial charge in [-0.1, -0.05) is 6.07 Å². The Labute approximate surface area is 168 Å². The number of halogens is 1. The largest absolute Gasteiger partial charge is 1.00 e. The van der Waals surface area contributed by atoms with Gasteiger partial charge in [0.2, 0.25) is 0 Å². The Morgan fingerprint density at radius 2 is 1.69 bits per heavy atom. The minimum Gasteiger partial charge on any atom is -1.00 e. The molecule has 3 rings (SSSR count). The van der Waals surface area contributed by atoms with E-state index in [0.717, 1.165) is 30.2 Å². The fourth-order valence-corrected chi connectivity index (χ4v) is 4.10. The van der Waals surface area contributed by atoms with Gasteiger partial charge >= 0.3 is 0 Å². The van der Waals surface area contributed by atoms with Gasteiger partial charge in [0.25, 0.3) is 0 Å². The van der Waals surface area contributed by atoms with E-state index >= 15 is 0 Å². The summed E-state index contributed by atoms with van der Waals surface area (Å²) in [6.07, 6.45) is 2.30. The Morgan fingerprint density at radius 1 is 1.00 bits per heavy atom. The van der Waals surface area contributed by atoms with E-state index in [1.54, 1.807) is 36.9 Å². The third-order valence-electron chi connectivity index (χ3n) is 4.00. The minimum absolute atomic E-state index is 0. The summed E-state index contributed by atoms with van der Waals surface area (Å²) in [5.74, 6) is 1.60. The summed E-state index contributed by atoms with van der Waals surface area (Å²) in [5, 5.41) is 10.9. The molecule has 138 valence electrons. The summed E-state index contributed by atoms with van der Waals surface area (Å²) >= 11 is 3.46. The normalized spacial score (nSPS) is 10.1. The summed E-state index contributed by atoms with van der Waals surface area (Å²) in [7, 11) is 3.36. The highest BCUT2D eigenvalue weighted by atomic mass is 35.5. The zero-order valence-electron chi connectivity index (χ0n) is 14.8. The van der Waals surface area contributed by atoms with Crippen molar-refractivity contribution in [1.82, 2.24) is 0 Å². The fourth-order valence-electron chi connectivity index (χ4n) is 2.79. The molecule has 0 atom stereocenters. The molecular formula is C20H22ClNO2S2. The van der Waals surface area contributed by atoms with Crippen LogP contribution in [0.4, 0.5) is 0 Å². The molecule has 0 radical (unpaired) electrons. The first-order valence-electron chi connectivity index (χ1n) is 8.10. The van der Waals surface area contributed by atoms with E-state index in [-0.39, 0.29) is 12.4 Å². The fraction of sp³-hybridized carbons (Fsp3) is 0.200. The van der Waals surface area contributed by atoms with E-state index < -0.39 is 0 Å². The number of quaternary nitrogens is 1. The van der Waals surface area contributed by atoms with Gasteiger partial charge in [0.05, 0.1) is 26.3 Å². The maximum absolute atomic E-state index is 5.51. The van der Waals surface area contributed by atoms with Gasteiger partial charge < -0.3 is 27.2 Å². The van der Waals surface area contributed by atoms with Crippen LogP contribution in [0.2, 0.25) is 0 Å². The molecular weight excluding hydrogens is 386 g/mol. The second kappa shape index (κ2) is 10.4. The summed E-state index contributed by atoms with van der Waals surface area (Å²) in [5.41, 5.74) is 5.02. The van der Waals surface area contributed by atoms with Crippen molar-refractivity contribution in [2.75, 3.05) is 20.8 Å². The first-order valence-corrected chi connectivity index (χ1v) is 9.99. The van der Waals surface area contributed by atoms with Crippen LogP contribution in [-0.4, -0.2) is 20.8 Å². The molecule has 6 heteroatoms. The Morgan fingerprint density at radius 3 is 2.23 bits per heavy atom. The van der Waals surface area contributed by atoms with Crippen molar-refractivity contribution in [3.63, 3.8) is 0 Å². The average molecular weight is 408 g/mol. The quantitative estimate of drug-likeness (QED) is 0.566. The number of hydrogen-bond donors (Lipinski definition) is 1. The van der Waals surface area contributed by atoms with Crippen LogP contribution in [0, 0.1) is 0 Å². The minimum atomic E-state index is 0. The summed E-state index contributed by atoms with van der Waals surface area (Å²) in [4.78, 5) is 0. The maximum atomic E-state index is 5.51. The van der Waals surface area contributed by atoms with Gasteiger partial charge in [0, 0.05) is 0 Å². The number of nitrogens with two attached hydrogens (primary N) is 1. The highest BCUT2D eigenvalue weighted by Crippen LogP contribution is 2.30. The van der Waals surface area contributed by atoms with Crippen molar-refractivity contribution in [3.8, 4) is 11.5 Å². The Hall–Kier alpha value is -1.79. The summed E-state index contributed by atoms with van der Waals surface area (Å²) < 4.78 is 10.9. The first-order chi connectivity index (χ1) is 12.3. The molecule has 0 fully saturated rings. The maximum Gasteiger partial charge on any atom is 0.169 e. The molecule has 1 aromatic carbocycles. The van der Waals surface area contributed by atoms with Gasteiger partial charge in [0.1, 0.15) is 6.54 Å². The number of methoxy groups -OCH3 is 2. The SMILES string of the molecule is COc1cccc(C[NH2+]CC=C(c2ccsc2)c2ccsc2)c1OC.[Cl-]. The lowest BCUT2D eigenvalue weighted by Crippen LogP contribution is -3.00. The number of hydrogen-bond acceptors (Lipinski definition) is 4. The van der Waals surface area contributed by atoms with E-state index in [4.69, 9.17) is 9.47 Å². The van der Waals surface area contributed by atoms with Crippen molar-refractivity contribution in [3.05, 3.63) is 74.6 Å². The second-order valence-electron chi connectivity index (χ2n) is 5.52. The molecule has 26 heavy (non-hydrogen) atoms. The predicted octanol–water partition coefficient (Wildman–Crippen LogP) is 1.03. The lowest BCUT2D eigenvalue weighted by Gasteiger charge is -2.11. The number of thiophene rings is 2. The summed E-state index contributed by atoms with van der Waals surface area (Å²) in [6.45, 7) is 1.75. The first kappa shape index (κ1) is 20.5. The monoisotopic (exact) mass is 407 g/mol. The molecule has 0 spiro atoms. The van der Waals surface area contributed by atoms with Crippen LogP contribution in [0.3, 0.4) is 0 Å².